The number of nitrogens with zero attached hydrogens (tertiary/aromatic N) is 1. The number of carbonyl (C=O) groups is 1. The fourth-order valence-corrected chi connectivity index (χ4v) is 2.29. The molecule has 1 heterocycles. The SMILES string of the molecule is C/C=C(/CC)CNCCCCCc1cc(COCCC(=O)O)on1. The summed E-state index contributed by atoms with van der Waals surface area (Å²) in [6.45, 7) is 6.75. The fourth-order valence-electron chi connectivity index (χ4n) is 2.29. The summed E-state index contributed by atoms with van der Waals surface area (Å²) in [7, 11) is 0. The highest BCUT2D eigenvalue weighted by Gasteiger charge is 2.05. The van der Waals surface area contributed by atoms with Crippen molar-refractivity contribution >= 4 is 5.97 Å². The molecule has 0 aliphatic heterocycles. The number of hydrogen-bond donors (Lipinski definition) is 2. The van der Waals surface area contributed by atoms with Crippen LogP contribution >= 0.6 is 0 Å². The Balaban J connectivity index is 2.04. The van der Waals surface area contributed by atoms with Gasteiger partial charge in [0.05, 0.1) is 18.7 Å². The van der Waals surface area contributed by atoms with Crippen LogP contribution in [0.4, 0.5) is 0 Å². The van der Waals surface area contributed by atoms with E-state index >= 15 is 0 Å². The second-order valence-corrected chi connectivity index (χ2v) is 5.77. The van der Waals surface area contributed by atoms with Crippen LogP contribution in [0.25, 0.3) is 0 Å². The summed E-state index contributed by atoms with van der Waals surface area (Å²) in [4.78, 5) is 10.4. The van der Waals surface area contributed by atoms with Gasteiger partial charge in [-0.25, -0.2) is 0 Å². The zero-order chi connectivity index (χ0) is 17.6. The molecule has 0 spiro atoms. The van der Waals surface area contributed by atoms with E-state index in [1.54, 1.807) is 0 Å². The summed E-state index contributed by atoms with van der Waals surface area (Å²) >= 11 is 0. The molecule has 0 saturated heterocycles. The minimum atomic E-state index is -0.862. The third-order valence-corrected chi connectivity index (χ3v) is 3.81. The zero-order valence-electron chi connectivity index (χ0n) is 14.8. The minimum absolute atomic E-state index is 0.00280. The van der Waals surface area contributed by atoms with Gasteiger partial charge < -0.3 is 19.7 Å². The predicted octanol–water partition coefficient (Wildman–Crippen LogP) is 3.32. The molecule has 0 aromatic carbocycles. The summed E-state index contributed by atoms with van der Waals surface area (Å²) in [5.74, 6) is -0.213. The summed E-state index contributed by atoms with van der Waals surface area (Å²) in [5, 5.41) is 16.0. The van der Waals surface area contributed by atoms with Gasteiger partial charge in [-0.05, 0) is 39.2 Å². The Labute approximate surface area is 144 Å². The highest BCUT2D eigenvalue weighted by atomic mass is 16.5. The first-order valence-electron chi connectivity index (χ1n) is 8.74. The molecule has 6 heteroatoms. The summed E-state index contributed by atoms with van der Waals surface area (Å²) in [6, 6.07) is 1.89. The van der Waals surface area contributed by atoms with Crippen molar-refractivity contribution in [3.63, 3.8) is 0 Å². The van der Waals surface area contributed by atoms with E-state index in [1.165, 1.54) is 5.57 Å². The smallest absolute Gasteiger partial charge is 0.305 e. The Morgan fingerprint density at radius 1 is 1.42 bits per heavy atom. The van der Waals surface area contributed by atoms with Crippen molar-refractivity contribution in [2.24, 2.45) is 0 Å². The molecule has 0 atom stereocenters. The molecule has 1 rings (SSSR count). The van der Waals surface area contributed by atoms with Crippen LogP contribution in [0.2, 0.25) is 0 Å². The van der Waals surface area contributed by atoms with Crippen LogP contribution in [0, 0.1) is 0 Å². The van der Waals surface area contributed by atoms with Gasteiger partial charge in [0.1, 0.15) is 6.61 Å². The molecule has 24 heavy (non-hydrogen) atoms. The Kier molecular flexibility index (Phi) is 10.8. The number of aromatic nitrogens is 1. The van der Waals surface area contributed by atoms with Gasteiger partial charge in [-0.2, -0.15) is 0 Å². The minimum Gasteiger partial charge on any atom is -0.481 e. The molecule has 0 aliphatic rings. The lowest BCUT2D eigenvalue weighted by Gasteiger charge is -2.06. The zero-order valence-corrected chi connectivity index (χ0v) is 14.8. The Bertz CT molecular complexity index is 497. The molecule has 0 radical (unpaired) electrons. The van der Waals surface area contributed by atoms with E-state index in [2.05, 4.69) is 30.4 Å². The maximum Gasteiger partial charge on any atom is 0.305 e. The van der Waals surface area contributed by atoms with Crippen molar-refractivity contribution in [3.05, 3.63) is 29.2 Å². The van der Waals surface area contributed by atoms with Crippen LogP contribution in [0.3, 0.4) is 0 Å². The van der Waals surface area contributed by atoms with E-state index in [9.17, 15) is 4.79 Å². The molecule has 6 nitrogen and oxygen atoms in total. The molecular formula is C18H30N2O4. The topological polar surface area (TPSA) is 84.6 Å². The Morgan fingerprint density at radius 3 is 2.96 bits per heavy atom. The van der Waals surface area contributed by atoms with E-state index in [0.717, 1.165) is 50.9 Å². The maximum absolute atomic E-state index is 10.4. The molecule has 2 N–H and O–H groups in total. The van der Waals surface area contributed by atoms with E-state index in [4.69, 9.17) is 14.4 Å². The molecule has 0 bridgehead atoms. The normalized spacial score (nSPS) is 11.8. The van der Waals surface area contributed by atoms with Gasteiger partial charge in [-0.1, -0.05) is 30.2 Å². The molecular weight excluding hydrogens is 308 g/mol. The van der Waals surface area contributed by atoms with E-state index < -0.39 is 5.97 Å². The fraction of sp³-hybridized carbons (Fsp3) is 0.667. The molecule has 136 valence electrons. The number of ether oxygens (including phenoxy) is 1. The monoisotopic (exact) mass is 338 g/mol. The van der Waals surface area contributed by atoms with Crippen LogP contribution in [-0.4, -0.2) is 35.9 Å². The van der Waals surface area contributed by atoms with Gasteiger partial charge in [0, 0.05) is 12.6 Å². The van der Waals surface area contributed by atoms with Gasteiger partial charge in [-0.3, -0.25) is 4.79 Å². The molecule has 0 saturated carbocycles. The molecule has 0 aliphatic carbocycles. The number of carboxylic acids is 1. The highest BCUT2D eigenvalue weighted by Crippen LogP contribution is 2.09. The first-order valence-corrected chi connectivity index (χ1v) is 8.74. The number of carboxylic acid groups (broad SMARTS) is 1. The third-order valence-electron chi connectivity index (χ3n) is 3.81. The first kappa shape index (κ1) is 20.4. The average molecular weight is 338 g/mol. The lowest BCUT2D eigenvalue weighted by Crippen LogP contribution is -2.18. The molecule has 1 aromatic heterocycles. The van der Waals surface area contributed by atoms with Gasteiger partial charge >= 0.3 is 5.97 Å². The van der Waals surface area contributed by atoms with Gasteiger partial charge in [0.2, 0.25) is 0 Å². The maximum atomic E-state index is 10.4. The highest BCUT2D eigenvalue weighted by molar-refractivity contribution is 5.66. The van der Waals surface area contributed by atoms with Gasteiger partial charge in [0.15, 0.2) is 5.76 Å². The lowest BCUT2D eigenvalue weighted by atomic mass is 10.1. The number of nitrogens with one attached hydrogen (secondary N) is 1. The average Bonchev–Trinajstić information content (AvgIpc) is 3.02. The van der Waals surface area contributed by atoms with Gasteiger partial charge in [-0.15, -0.1) is 0 Å². The van der Waals surface area contributed by atoms with E-state index in [1.807, 2.05) is 6.07 Å². The lowest BCUT2D eigenvalue weighted by molar-refractivity contribution is -0.138. The molecule has 0 amide bonds. The van der Waals surface area contributed by atoms with Crippen molar-refractivity contribution in [2.45, 2.75) is 59.0 Å². The number of unbranched alkanes of at least 4 members (excludes halogenated alkanes) is 2. The van der Waals surface area contributed by atoms with Crippen molar-refractivity contribution in [1.29, 1.82) is 0 Å². The molecule has 0 unspecified atom stereocenters. The van der Waals surface area contributed by atoms with E-state index in [0.29, 0.717) is 5.76 Å². The van der Waals surface area contributed by atoms with Crippen molar-refractivity contribution in [1.82, 2.24) is 10.5 Å². The number of rotatable bonds is 14. The summed E-state index contributed by atoms with van der Waals surface area (Å²) in [5.41, 5.74) is 2.39. The molecule has 0 fully saturated rings. The van der Waals surface area contributed by atoms with Crippen LogP contribution in [0.1, 0.15) is 57.4 Å². The first-order chi connectivity index (χ1) is 11.7. The van der Waals surface area contributed by atoms with Gasteiger partial charge in [0.25, 0.3) is 0 Å². The number of allylic oxidation sites excluding steroid dienone is 1. The Morgan fingerprint density at radius 2 is 2.25 bits per heavy atom. The summed E-state index contributed by atoms with van der Waals surface area (Å²) < 4.78 is 10.4. The molecule has 1 aromatic rings. The standard InChI is InChI=1S/C18H30N2O4/c1-3-15(4-2)13-19-10-7-5-6-8-16-12-17(24-20-16)14-23-11-9-18(21)22/h3,12,19H,4-11,13-14H2,1-2H3,(H,21,22)/b15-3-. The Hall–Kier alpha value is -1.66. The largest absolute Gasteiger partial charge is 0.481 e. The second kappa shape index (κ2) is 12.7. The summed E-state index contributed by atoms with van der Waals surface area (Å²) in [6.07, 6.45) is 7.58. The quantitative estimate of drug-likeness (QED) is 0.400. The van der Waals surface area contributed by atoms with Crippen LogP contribution in [-0.2, 0) is 22.6 Å². The van der Waals surface area contributed by atoms with Crippen molar-refractivity contribution in [3.8, 4) is 0 Å². The predicted molar refractivity (Wildman–Crippen MR) is 92.9 cm³/mol. The number of aryl methyl sites for hydroxylation is 1. The van der Waals surface area contributed by atoms with Crippen molar-refractivity contribution in [2.75, 3.05) is 19.7 Å². The van der Waals surface area contributed by atoms with Crippen LogP contribution in [0.15, 0.2) is 22.2 Å². The van der Waals surface area contributed by atoms with Crippen LogP contribution in [0.5, 0.6) is 0 Å². The number of hydrogen-bond acceptors (Lipinski definition) is 5. The number of aliphatic carboxylic acids is 1. The second-order valence-electron chi connectivity index (χ2n) is 5.77. The van der Waals surface area contributed by atoms with Crippen LogP contribution < -0.4 is 5.32 Å². The third kappa shape index (κ3) is 9.47. The van der Waals surface area contributed by atoms with E-state index in [-0.39, 0.29) is 19.6 Å². The van der Waals surface area contributed by atoms with Crippen molar-refractivity contribution < 1.29 is 19.2 Å².